The molecule has 0 saturated carbocycles. The molecule has 1 saturated heterocycles. The van der Waals surface area contributed by atoms with Gasteiger partial charge >= 0.3 is 0 Å². The van der Waals surface area contributed by atoms with E-state index in [0.717, 1.165) is 29.8 Å². The summed E-state index contributed by atoms with van der Waals surface area (Å²) in [4.78, 5) is 38.6. The Bertz CT molecular complexity index is 1060. The smallest absolute Gasteiger partial charge is 0.267 e. The number of nitrogens with zero attached hydrogens (tertiary/aromatic N) is 3. The van der Waals surface area contributed by atoms with Gasteiger partial charge in [0.05, 0.1) is 5.69 Å². The Labute approximate surface area is 185 Å². The van der Waals surface area contributed by atoms with Gasteiger partial charge in [-0.1, -0.05) is 29.8 Å². The summed E-state index contributed by atoms with van der Waals surface area (Å²) in [7, 11) is 0. The summed E-state index contributed by atoms with van der Waals surface area (Å²) in [6.07, 6.45) is 1.97. The first-order valence-corrected chi connectivity index (χ1v) is 10.6. The minimum atomic E-state index is -0.311. The molecule has 0 aliphatic carbocycles. The van der Waals surface area contributed by atoms with Gasteiger partial charge < -0.3 is 10.2 Å². The minimum absolute atomic E-state index is 0.144. The monoisotopic (exact) mass is 438 g/mol. The van der Waals surface area contributed by atoms with Crippen molar-refractivity contribution in [2.45, 2.75) is 39.2 Å². The summed E-state index contributed by atoms with van der Waals surface area (Å²) < 4.78 is 0. The number of hydrogen-bond donors (Lipinski definition) is 1. The number of hydrazone groups is 1. The zero-order chi connectivity index (χ0) is 22.0. The second-order valence-corrected chi connectivity index (χ2v) is 8.09. The van der Waals surface area contributed by atoms with Crippen molar-refractivity contribution in [1.82, 2.24) is 5.32 Å². The maximum Gasteiger partial charge on any atom is 0.267 e. The van der Waals surface area contributed by atoms with E-state index in [0.29, 0.717) is 29.4 Å². The molecule has 31 heavy (non-hydrogen) atoms. The molecule has 7 nitrogen and oxygen atoms in total. The Hall–Kier alpha value is -3.19. The summed E-state index contributed by atoms with van der Waals surface area (Å²) >= 11 is 6.17. The average molecular weight is 439 g/mol. The van der Waals surface area contributed by atoms with E-state index in [9.17, 15) is 14.4 Å². The zero-order valence-corrected chi connectivity index (χ0v) is 18.0. The van der Waals surface area contributed by atoms with Crippen molar-refractivity contribution in [2.75, 3.05) is 16.5 Å². The van der Waals surface area contributed by atoms with Crippen molar-refractivity contribution in [3.05, 3.63) is 58.6 Å². The number of rotatable bonds is 5. The normalized spacial score (nSPS) is 16.5. The third-order valence-electron chi connectivity index (χ3n) is 5.47. The Kier molecular flexibility index (Phi) is 6.04. The Morgan fingerprint density at radius 1 is 1.03 bits per heavy atom. The van der Waals surface area contributed by atoms with Crippen LogP contribution in [0.3, 0.4) is 0 Å². The van der Waals surface area contributed by atoms with Crippen LogP contribution < -0.4 is 15.2 Å². The van der Waals surface area contributed by atoms with Crippen molar-refractivity contribution in [2.24, 2.45) is 5.10 Å². The third kappa shape index (κ3) is 4.61. The summed E-state index contributed by atoms with van der Waals surface area (Å²) in [5.74, 6) is -0.344. The van der Waals surface area contributed by atoms with Gasteiger partial charge in [-0.2, -0.15) is 5.10 Å². The molecule has 0 bridgehead atoms. The number of carbonyl (C=O) groups is 3. The lowest BCUT2D eigenvalue weighted by Gasteiger charge is -2.23. The number of anilines is 2. The third-order valence-corrected chi connectivity index (χ3v) is 5.88. The SMILES string of the molecule is Cc1ccc(N2N=C(C(=O)NCc3ccc(N4CCCC4=O)cc3)CCC2=O)cc1Cl. The topological polar surface area (TPSA) is 82.1 Å². The molecular weight excluding hydrogens is 416 g/mol. The molecule has 2 aromatic carbocycles. The summed E-state index contributed by atoms with van der Waals surface area (Å²) in [6, 6.07) is 12.8. The molecular formula is C23H23ClN4O3. The molecule has 2 aliphatic heterocycles. The van der Waals surface area contributed by atoms with E-state index >= 15 is 0 Å². The summed E-state index contributed by atoms with van der Waals surface area (Å²) in [6.45, 7) is 2.95. The Morgan fingerprint density at radius 2 is 1.77 bits per heavy atom. The van der Waals surface area contributed by atoms with Crippen LogP contribution in [0.4, 0.5) is 11.4 Å². The Morgan fingerprint density at radius 3 is 2.45 bits per heavy atom. The maximum absolute atomic E-state index is 12.6. The standard InChI is InChI=1S/C23H23ClN4O3/c1-15-4-7-18(13-19(15)24)28-22(30)11-10-20(26-28)23(31)25-14-16-5-8-17(9-6-16)27-12-2-3-21(27)29/h4-9,13H,2-3,10-12,14H2,1H3,(H,25,31). The van der Waals surface area contributed by atoms with E-state index in [1.165, 1.54) is 5.01 Å². The van der Waals surface area contributed by atoms with Crippen LogP contribution >= 0.6 is 11.6 Å². The largest absolute Gasteiger partial charge is 0.347 e. The van der Waals surface area contributed by atoms with Crippen LogP contribution in [0.2, 0.25) is 5.02 Å². The number of halogens is 1. The number of aryl methyl sites for hydroxylation is 1. The van der Waals surface area contributed by atoms with Crippen molar-refractivity contribution >= 4 is 46.4 Å². The fourth-order valence-corrected chi connectivity index (χ4v) is 3.81. The number of hydrogen-bond acceptors (Lipinski definition) is 4. The molecule has 1 N–H and O–H groups in total. The molecule has 2 aliphatic rings. The van der Waals surface area contributed by atoms with E-state index in [4.69, 9.17) is 11.6 Å². The van der Waals surface area contributed by atoms with Crippen molar-refractivity contribution in [3.63, 3.8) is 0 Å². The predicted molar refractivity (Wildman–Crippen MR) is 120 cm³/mol. The second kappa shape index (κ2) is 8.89. The molecule has 0 atom stereocenters. The van der Waals surface area contributed by atoms with E-state index in [1.54, 1.807) is 17.0 Å². The van der Waals surface area contributed by atoms with Gasteiger partial charge in [0, 0.05) is 43.1 Å². The van der Waals surface area contributed by atoms with Gasteiger partial charge in [-0.3, -0.25) is 14.4 Å². The quantitative estimate of drug-likeness (QED) is 0.774. The molecule has 160 valence electrons. The molecule has 1 fully saturated rings. The van der Waals surface area contributed by atoms with Gasteiger partial charge in [0.25, 0.3) is 5.91 Å². The molecule has 0 spiro atoms. The van der Waals surface area contributed by atoms with Crippen LogP contribution in [-0.4, -0.2) is 30.0 Å². The van der Waals surface area contributed by atoms with Crippen LogP contribution in [0.1, 0.15) is 36.8 Å². The molecule has 0 aromatic heterocycles. The average Bonchev–Trinajstić information content (AvgIpc) is 3.20. The highest BCUT2D eigenvalue weighted by atomic mass is 35.5. The van der Waals surface area contributed by atoms with Crippen LogP contribution in [-0.2, 0) is 20.9 Å². The van der Waals surface area contributed by atoms with Crippen molar-refractivity contribution in [3.8, 4) is 0 Å². The number of carbonyl (C=O) groups excluding carboxylic acids is 3. The van der Waals surface area contributed by atoms with Crippen LogP contribution in [0, 0.1) is 6.92 Å². The van der Waals surface area contributed by atoms with E-state index < -0.39 is 0 Å². The molecule has 3 amide bonds. The van der Waals surface area contributed by atoms with Gasteiger partial charge in [-0.05, 0) is 48.7 Å². The molecule has 2 aromatic rings. The molecule has 4 rings (SSSR count). The predicted octanol–water partition coefficient (Wildman–Crippen LogP) is 3.57. The number of amides is 3. The lowest BCUT2D eigenvalue weighted by atomic mass is 10.1. The first-order valence-electron chi connectivity index (χ1n) is 10.3. The van der Waals surface area contributed by atoms with Gasteiger partial charge in [0.1, 0.15) is 5.71 Å². The van der Waals surface area contributed by atoms with Crippen LogP contribution in [0.25, 0.3) is 0 Å². The summed E-state index contributed by atoms with van der Waals surface area (Å²) in [5, 5.41) is 8.92. The number of nitrogens with one attached hydrogen (secondary N) is 1. The lowest BCUT2D eigenvalue weighted by molar-refractivity contribution is -0.119. The first-order chi connectivity index (χ1) is 14.9. The molecule has 0 radical (unpaired) electrons. The van der Waals surface area contributed by atoms with Gasteiger partial charge in [-0.25, -0.2) is 5.01 Å². The minimum Gasteiger partial charge on any atom is -0.347 e. The number of benzene rings is 2. The lowest BCUT2D eigenvalue weighted by Crippen LogP contribution is -2.38. The van der Waals surface area contributed by atoms with Crippen molar-refractivity contribution in [1.29, 1.82) is 0 Å². The molecule has 0 unspecified atom stereocenters. The fraction of sp³-hybridized carbons (Fsp3) is 0.304. The first kappa shape index (κ1) is 21.1. The van der Waals surface area contributed by atoms with E-state index in [2.05, 4.69) is 10.4 Å². The fourth-order valence-electron chi connectivity index (χ4n) is 3.63. The van der Waals surface area contributed by atoms with Gasteiger partial charge in [0.2, 0.25) is 11.8 Å². The second-order valence-electron chi connectivity index (χ2n) is 7.68. The van der Waals surface area contributed by atoms with E-state index in [1.807, 2.05) is 37.3 Å². The Balaban J connectivity index is 1.41. The highest BCUT2D eigenvalue weighted by molar-refractivity contribution is 6.40. The van der Waals surface area contributed by atoms with Gasteiger partial charge in [0.15, 0.2) is 0 Å². The van der Waals surface area contributed by atoms with Crippen molar-refractivity contribution < 1.29 is 14.4 Å². The highest BCUT2D eigenvalue weighted by Crippen LogP contribution is 2.26. The highest BCUT2D eigenvalue weighted by Gasteiger charge is 2.26. The molecule has 8 heteroatoms. The summed E-state index contributed by atoms with van der Waals surface area (Å²) in [5.41, 5.74) is 3.53. The van der Waals surface area contributed by atoms with Crippen LogP contribution in [0.5, 0.6) is 0 Å². The van der Waals surface area contributed by atoms with E-state index in [-0.39, 0.29) is 30.6 Å². The maximum atomic E-state index is 12.6. The zero-order valence-electron chi connectivity index (χ0n) is 17.2. The van der Waals surface area contributed by atoms with Gasteiger partial charge in [-0.15, -0.1) is 0 Å². The molecule has 2 heterocycles. The van der Waals surface area contributed by atoms with Crippen LogP contribution in [0.15, 0.2) is 47.6 Å².